The molecule has 0 aliphatic heterocycles. The molecule has 0 unspecified atom stereocenters. The van der Waals surface area contributed by atoms with E-state index < -0.39 is 0 Å². The number of carbonyl (C=O) groups is 1. The van der Waals surface area contributed by atoms with E-state index >= 15 is 0 Å². The molecule has 0 aliphatic rings. The first-order valence-electron chi connectivity index (χ1n) is 7.89. The van der Waals surface area contributed by atoms with E-state index in [4.69, 9.17) is 5.73 Å². The Hall–Kier alpha value is -3.60. The Morgan fingerprint density at radius 3 is 2.28 bits per heavy atom. The molecule has 25 heavy (non-hydrogen) atoms. The molecule has 2 heterocycles. The summed E-state index contributed by atoms with van der Waals surface area (Å²) in [6.07, 6.45) is 7.06. The quantitative estimate of drug-likeness (QED) is 0.537. The number of anilines is 2. The summed E-state index contributed by atoms with van der Waals surface area (Å²) in [7, 11) is 0. The summed E-state index contributed by atoms with van der Waals surface area (Å²) in [5, 5.41) is 4.90. The van der Waals surface area contributed by atoms with Gasteiger partial charge in [0.25, 0.3) is 0 Å². The number of nitrogens with one attached hydrogen (secondary N) is 1. The van der Waals surface area contributed by atoms with Gasteiger partial charge in [0.1, 0.15) is 0 Å². The van der Waals surface area contributed by atoms with Gasteiger partial charge in [-0.15, -0.1) is 0 Å². The summed E-state index contributed by atoms with van der Waals surface area (Å²) >= 11 is 0. The topological polar surface area (TPSA) is 72.9 Å². The van der Waals surface area contributed by atoms with E-state index in [-0.39, 0.29) is 6.03 Å². The summed E-state index contributed by atoms with van der Waals surface area (Å²) in [5.74, 6) is 0. The van der Waals surface area contributed by atoms with Crippen LogP contribution in [0.25, 0.3) is 21.9 Å². The highest BCUT2D eigenvalue weighted by molar-refractivity contribution is 5.98. The zero-order chi connectivity index (χ0) is 17.2. The van der Waals surface area contributed by atoms with Crippen LogP contribution in [0, 0.1) is 0 Å². The normalized spacial score (nSPS) is 10.7. The van der Waals surface area contributed by atoms with Crippen molar-refractivity contribution >= 4 is 28.2 Å². The van der Waals surface area contributed by atoms with Crippen LogP contribution in [0.3, 0.4) is 0 Å². The first-order valence-corrected chi connectivity index (χ1v) is 7.89. The highest BCUT2D eigenvalue weighted by Crippen LogP contribution is 2.27. The summed E-state index contributed by atoms with van der Waals surface area (Å²) in [6.45, 7) is 0. The van der Waals surface area contributed by atoms with Crippen LogP contribution in [0.2, 0.25) is 0 Å². The zero-order valence-corrected chi connectivity index (χ0v) is 13.4. The second-order valence-corrected chi connectivity index (χ2v) is 5.76. The van der Waals surface area contributed by atoms with Crippen molar-refractivity contribution in [2.24, 2.45) is 0 Å². The minimum Gasteiger partial charge on any atom is -0.397 e. The number of pyridine rings is 1. The standard InChI is InChI=1S/C20H16N4O/c21-18-6-5-15(14-7-9-22-10-8-14)11-19(18)23-20(25)24-12-16-3-1-2-4-17(16)13-24/h1-13H,21H2,(H,23,25). The van der Waals surface area contributed by atoms with Crippen LogP contribution in [-0.4, -0.2) is 15.6 Å². The molecule has 2 aromatic heterocycles. The lowest BCUT2D eigenvalue weighted by Gasteiger charge is -2.11. The lowest BCUT2D eigenvalue weighted by molar-refractivity contribution is 0.253. The van der Waals surface area contributed by atoms with E-state index in [1.54, 1.807) is 30.9 Å². The van der Waals surface area contributed by atoms with E-state index in [0.29, 0.717) is 11.4 Å². The number of hydrogen-bond acceptors (Lipinski definition) is 3. The summed E-state index contributed by atoms with van der Waals surface area (Å²) < 4.78 is 1.53. The Morgan fingerprint density at radius 2 is 1.60 bits per heavy atom. The number of benzene rings is 2. The summed E-state index contributed by atoms with van der Waals surface area (Å²) in [4.78, 5) is 16.6. The minimum absolute atomic E-state index is 0.255. The molecule has 4 rings (SSSR count). The van der Waals surface area contributed by atoms with E-state index in [2.05, 4.69) is 10.3 Å². The maximum atomic E-state index is 12.6. The monoisotopic (exact) mass is 328 g/mol. The highest BCUT2D eigenvalue weighted by Gasteiger charge is 2.10. The molecule has 0 saturated heterocycles. The van der Waals surface area contributed by atoms with Crippen LogP contribution in [0.5, 0.6) is 0 Å². The molecule has 4 aromatic rings. The average molecular weight is 328 g/mol. The number of carbonyl (C=O) groups excluding carboxylic acids is 1. The number of fused-ring (bicyclic) bond motifs is 1. The molecule has 2 aromatic carbocycles. The predicted molar refractivity (Wildman–Crippen MR) is 100 cm³/mol. The first kappa shape index (κ1) is 15.0. The van der Waals surface area contributed by atoms with Gasteiger partial charge in [0.15, 0.2) is 0 Å². The maximum Gasteiger partial charge on any atom is 0.330 e. The van der Waals surface area contributed by atoms with Crippen LogP contribution < -0.4 is 11.1 Å². The number of rotatable bonds is 2. The molecule has 5 heteroatoms. The van der Waals surface area contributed by atoms with Gasteiger partial charge in [-0.05, 0) is 46.2 Å². The third-order valence-electron chi connectivity index (χ3n) is 4.10. The molecule has 5 nitrogen and oxygen atoms in total. The van der Waals surface area contributed by atoms with Crippen LogP contribution in [0.4, 0.5) is 16.2 Å². The Morgan fingerprint density at radius 1 is 0.920 bits per heavy atom. The number of nitrogens with zero attached hydrogens (tertiary/aromatic N) is 2. The Balaban J connectivity index is 1.64. The fraction of sp³-hybridized carbons (Fsp3) is 0. The van der Waals surface area contributed by atoms with E-state index in [1.807, 2.05) is 48.5 Å². The van der Waals surface area contributed by atoms with E-state index in [0.717, 1.165) is 21.9 Å². The zero-order valence-electron chi connectivity index (χ0n) is 13.4. The molecule has 0 saturated carbocycles. The van der Waals surface area contributed by atoms with Gasteiger partial charge in [0, 0.05) is 24.8 Å². The molecular formula is C20H16N4O. The fourth-order valence-corrected chi connectivity index (χ4v) is 2.77. The lowest BCUT2D eigenvalue weighted by atomic mass is 10.1. The van der Waals surface area contributed by atoms with Gasteiger partial charge in [-0.2, -0.15) is 0 Å². The Labute approximate surface area is 144 Å². The number of aromatic nitrogens is 2. The molecule has 0 atom stereocenters. The predicted octanol–water partition coefficient (Wildman–Crippen LogP) is 4.37. The molecule has 1 amide bonds. The molecule has 0 fully saturated rings. The molecule has 122 valence electrons. The summed E-state index contributed by atoms with van der Waals surface area (Å²) in [5.41, 5.74) is 9.10. The highest BCUT2D eigenvalue weighted by atomic mass is 16.2. The van der Waals surface area contributed by atoms with Crippen molar-refractivity contribution in [2.45, 2.75) is 0 Å². The molecule has 0 aliphatic carbocycles. The van der Waals surface area contributed by atoms with Crippen molar-refractivity contribution in [1.82, 2.24) is 9.55 Å². The van der Waals surface area contributed by atoms with Crippen molar-refractivity contribution in [3.05, 3.63) is 79.4 Å². The van der Waals surface area contributed by atoms with Gasteiger partial charge in [-0.1, -0.05) is 30.3 Å². The third kappa shape index (κ3) is 2.95. The molecule has 0 spiro atoms. The fourth-order valence-electron chi connectivity index (χ4n) is 2.77. The average Bonchev–Trinajstić information content (AvgIpc) is 3.08. The smallest absolute Gasteiger partial charge is 0.330 e. The van der Waals surface area contributed by atoms with Crippen LogP contribution in [0.1, 0.15) is 0 Å². The second kappa shape index (κ2) is 6.13. The van der Waals surface area contributed by atoms with Gasteiger partial charge in [0.05, 0.1) is 11.4 Å². The number of hydrogen-bond donors (Lipinski definition) is 2. The van der Waals surface area contributed by atoms with E-state index in [9.17, 15) is 4.79 Å². The molecular weight excluding hydrogens is 312 g/mol. The summed E-state index contributed by atoms with van der Waals surface area (Å²) in [6, 6.07) is 17.0. The molecule has 0 bridgehead atoms. The van der Waals surface area contributed by atoms with Gasteiger partial charge in [-0.3, -0.25) is 9.55 Å². The van der Waals surface area contributed by atoms with Crippen LogP contribution in [-0.2, 0) is 0 Å². The van der Waals surface area contributed by atoms with Gasteiger partial charge >= 0.3 is 6.03 Å². The second-order valence-electron chi connectivity index (χ2n) is 5.76. The van der Waals surface area contributed by atoms with Gasteiger partial charge in [-0.25, -0.2) is 4.79 Å². The van der Waals surface area contributed by atoms with Gasteiger partial charge < -0.3 is 11.1 Å². The van der Waals surface area contributed by atoms with Crippen molar-refractivity contribution < 1.29 is 4.79 Å². The third-order valence-corrected chi connectivity index (χ3v) is 4.10. The first-order chi connectivity index (χ1) is 12.2. The minimum atomic E-state index is -0.255. The van der Waals surface area contributed by atoms with Crippen LogP contribution >= 0.6 is 0 Å². The van der Waals surface area contributed by atoms with Crippen molar-refractivity contribution in [3.63, 3.8) is 0 Å². The Bertz CT molecular complexity index is 1020. The molecule has 0 radical (unpaired) electrons. The van der Waals surface area contributed by atoms with Crippen molar-refractivity contribution in [3.8, 4) is 11.1 Å². The van der Waals surface area contributed by atoms with Crippen molar-refractivity contribution in [1.29, 1.82) is 0 Å². The largest absolute Gasteiger partial charge is 0.397 e. The molecule has 3 N–H and O–H groups in total. The van der Waals surface area contributed by atoms with Crippen molar-refractivity contribution in [2.75, 3.05) is 11.1 Å². The van der Waals surface area contributed by atoms with Crippen LogP contribution in [0.15, 0.2) is 79.4 Å². The van der Waals surface area contributed by atoms with E-state index in [1.165, 1.54) is 4.57 Å². The maximum absolute atomic E-state index is 12.6. The SMILES string of the molecule is Nc1ccc(-c2ccncc2)cc1NC(=O)n1cc2ccccc2c1. The Kier molecular flexibility index (Phi) is 3.67. The van der Waals surface area contributed by atoms with Gasteiger partial charge in [0.2, 0.25) is 0 Å². The lowest BCUT2D eigenvalue weighted by Crippen LogP contribution is -2.18. The number of nitrogen functional groups attached to an aromatic ring is 1. The number of nitrogens with two attached hydrogens (primary N) is 1. The number of amides is 1.